The van der Waals surface area contributed by atoms with Crippen LogP contribution in [0.3, 0.4) is 0 Å². The first-order valence-corrected chi connectivity index (χ1v) is 11.4. The topological polar surface area (TPSA) is 46.8 Å². The maximum atomic E-state index is 13.4. The fourth-order valence-corrected chi connectivity index (χ4v) is 4.75. The SMILES string of the molecule is Fc1ccc(Cn2c(CC3CCN(Cc4ccccc4)CC3)nc3ncnc(Cl)c32)cc1. The van der Waals surface area contributed by atoms with Crippen LogP contribution in [0.5, 0.6) is 0 Å². The lowest BCUT2D eigenvalue weighted by Crippen LogP contribution is -2.34. The number of rotatable bonds is 6. The molecule has 1 saturated heterocycles. The highest BCUT2D eigenvalue weighted by Crippen LogP contribution is 2.27. The molecular formula is C25H25ClFN5. The summed E-state index contributed by atoms with van der Waals surface area (Å²) in [4.78, 5) is 15.8. The van der Waals surface area contributed by atoms with Gasteiger partial charge >= 0.3 is 0 Å². The third-order valence-corrected chi connectivity index (χ3v) is 6.53. The highest BCUT2D eigenvalue weighted by molar-refractivity contribution is 6.33. The monoisotopic (exact) mass is 449 g/mol. The number of nitrogens with zero attached hydrogens (tertiary/aromatic N) is 5. The Balaban J connectivity index is 1.33. The van der Waals surface area contributed by atoms with Crippen LogP contribution in [0.15, 0.2) is 60.9 Å². The number of fused-ring (bicyclic) bond motifs is 1. The Labute approximate surface area is 191 Å². The zero-order valence-electron chi connectivity index (χ0n) is 17.8. The average Bonchev–Trinajstić information content (AvgIpc) is 3.15. The van der Waals surface area contributed by atoms with E-state index in [1.807, 2.05) is 0 Å². The van der Waals surface area contributed by atoms with Crippen molar-refractivity contribution in [2.75, 3.05) is 13.1 Å². The van der Waals surface area contributed by atoms with Crippen molar-refractivity contribution < 1.29 is 4.39 Å². The Kier molecular flexibility index (Phi) is 6.14. The van der Waals surface area contributed by atoms with Crippen molar-refractivity contribution in [2.45, 2.75) is 32.4 Å². The number of halogens is 2. The van der Waals surface area contributed by atoms with E-state index >= 15 is 0 Å². The van der Waals surface area contributed by atoms with Crippen molar-refractivity contribution in [3.05, 3.63) is 88.8 Å². The van der Waals surface area contributed by atoms with Crippen molar-refractivity contribution >= 4 is 22.8 Å². The molecule has 0 unspecified atom stereocenters. The second-order valence-corrected chi connectivity index (χ2v) is 8.84. The predicted molar refractivity (Wildman–Crippen MR) is 124 cm³/mol. The van der Waals surface area contributed by atoms with E-state index in [-0.39, 0.29) is 5.82 Å². The Morgan fingerprint density at radius 3 is 2.38 bits per heavy atom. The van der Waals surface area contributed by atoms with Gasteiger partial charge < -0.3 is 4.57 Å². The number of hydrogen-bond donors (Lipinski definition) is 0. The van der Waals surface area contributed by atoms with Gasteiger partial charge in [0.1, 0.15) is 23.5 Å². The molecule has 7 heteroatoms. The molecule has 0 bridgehead atoms. The van der Waals surface area contributed by atoms with Gasteiger partial charge in [0.25, 0.3) is 0 Å². The lowest BCUT2D eigenvalue weighted by Gasteiger charge is -2.32. The molecule has 2 aromatic carbocycles. The highest BCUT2D eigenvalue weighted by Gasteiger charge is 2.23. The third kappa shape index (κ3) is 4.66. The van der Waals surface area contributed by atoms with Crippen molar-refractivity contribution in [1.29, 1.82) is 0 Å². The predicted octanol–water partition coefficient (Wildman–Crippen LogP) is 5.12. The molecule has 0 aliphatic carbocycles. The van der Waals surface area contributed by atoms with Crippen molar-refractivity contribution in [2.24, 2.45) is 5.92 Å². The molecule has 0 radical (unpaired) electrons. The van der Waals surface area contributed by atoms with Gasteiger partial charge in [-0.15, -0.1) is 0 Å². The van der Waals surface area contributed by atoms with E-state index in [0.29, 0.717) is 23.3 Å². The van der Waals surface area contributed by atoms with E-state index < -0.39 is 0 Å². The molecular weight excluding hydrogens is 425 g/mol. The Morgan fingerprint density at radius 2 is 1.62 bits per heavy atom. The van der Waals surface area contributed by atoms with Crippen LogP contribution in [0.4, 0.5) is 4.39 Å². The minimum Gasteiger partial charge on any atom is -0.320 e. The molecule has 2 aromatic heterocycles. The smallest absolute Gasteiger partial charge is 0.182 e. The quantitative estimate of drug-likeness (QED) is 0.383. The summed E-state index contributed by atoms with van der Waals surface area (Å²) in [5.74, 6) is 1.28. The summed E-state index contributed by atoms with van der Waals surface area (Å²) in [5.41, 5.74) is 3.71. The standard InChI is InChI=1S/C25H25ClFN5/c26-24-23-25(29-17-28-24)30-22(32(23)16-20-6-8-21(27)9-7-20)14-18-10-12-31(13-11-18)15-19-4-2-1-3-5-19/h1-9,17-18H,10-16H2. The zero-order chi connectivity index (χ0) is 21.9. The molecule has 0 amide bonds. The van der Waals surface area contributed by atoms with Crippen molar-refractivity contribution in [1.82, 2.24) is 24.4 Å². The molecule has 4 aromatic rings. The zero-order valence-corrected chi connectivity index (χ0v) is 18.5. The minimum absolute atomic E-state index is 0.243. The molecule has 5 nitrogen and oxygen atoms in total. The summed E-state index contributed by atoms with van der Waals surface area (Å²) in [6, 6.07) is 17.2. The normalized spacial score (nSPS) is 15.4. The first-order valence-electron chi connectivity index (χ1n) is 11.0. The van der Waals surface area contributed by atoms with Gasteiger partial charge in [0.15, 0.2) is 10.8 Å². The van der Waals surface area contributed by atoms with Crippen LogP contribution in [0.2, 0.25) is 5.15 Å². The number of hydrogen-bond acceptors (Lipinski definition) is 4. The van der Waals surface area contributed by atoms with Gasteiger partial charge in [0.05, 0.1) is 0 Å². The molecule has 1 fully saturated rings. The van der Waals surface area contributed by atoms with E-state index in [2.05, 4.69) is 49.8 Å². The summed E-state index contributed by atoms with van der Waals surface area (Å²) < 4.78 is 15.5. The van der Waals surface area contributed by atoms with Crippen LogP contribution in [0.25, 0.3) is 11.2 Å². The highest BCUT2D eigenvalue weighted by atomic mass is 35.5. The molecule has 0 N–H and O–H groups in total. The average molecular weight is 450 g/mol. The van der Waals surface area contributed by atoms with Crippen LogP contribution in [-0.2, 0) is 19.5 Å². The molecule has 3 heterocycles. The van der Waals surface area contributed by atoms with Gasteiger partial charge in [-0.05, 0) is 55.1 Å². The first kappa shape index (κ1) is 21.0. The molecule has 1 aliphatic heterocycles. The van der Waals surface area contributed by atoms with Gasteiger partial charge in [-0.25, -0.2) is 19.3 Å². The van der Waals surface area contributed by atoms with Crippen molar-refractivity contribution in [3.8, 4) is 0 Å². The van der Waals surface area contributed by atoms with E-state index in [9.17, 15) is 4.39 Å². The maximum Gasteiger partial charge on any atom is 0.182 e. The van der Waals surface area contributed by atoms with Gasteiger partial charge in [0.2, 0.25) is 0 Å². The number of imidazole rings is 1. The Morgan fingerprint density at radius 1 is 0.906 bits per heavy atom. The van der Waals surface area contributed by atoms with Crippen LogP contribution in [0, 0.1) is 11.7 Å². The molecule has 164 valence electrons. The van der Waals surface area contributed by atoms with E-state index in [0.717, 1.165) is 55.8 Å². The number of benzene rings is 2. The van der Waals surface area contributed by atoms with Gasteiger partial charge in [0, 0.05) is 19.5 Å². The van der Waals surface area contributed by atoms with Crippen LogP contribution in [0.1, 0.15) is 29.8 Å². The Bertz CT molecular complexity index is 1180. The molecule has 1 aliphatic rings. The summed E-state index contributed by atoms with van der Waals surface area (Å²) in [6.45, 7) is 3.73. The number of piperidine rings is 1. The summed E-state index contributed by atoms with van der Waals surface area (Å²) in [7, 11) is 0. The molecule has 0 spiro atoms. The van der Waals surface area contributed by atoms with Crippen LogP contribution < -0.4 is 0 Å². The fraction of sp³-hybridized carbons (Fsp3) is 0.320. The molecule has 0 atom stereocenters. The fourth-order valence-electron chi connectivity index (χ4n) is 4.52. The van der Waals surface area contributed by atoms with E-state index in [1.165, 1.54) is 24.0 Å². The largest absolute Gasteiger partial charge is 0.320 e. The van der Waals surface area contributed by atoms with Crippen LogP contribution >= 0.6 is 11.6 Å². The van der Waals surface area contributed by atoms with Crippen LogP contribution in [-0.4, -0.2) is 37.5 Å². The first-order chi connectivity index (χ1) is 15.7. The minimum atomic E-state index is -0.243. The number of aromatic nitrogens is 4. The Hall–Kier alpha value is -2.83. The second kappa shape index (κ2) is 9.35. The summed E-state index contributed by atoms with van der Waals surface area (Å²) in [6.07, 6.45) is 4.58. The second-order valence-electron chi connectivity index (χ2n) is 8.49. The third-order valence-electron chi connectivity index (χ3n) is 6.26. The lowest BCUT2D eigenvalue weighted by molar-refractivity contribution is 0.175. The lowest BCUT2D eigenvalue weighted by atomic mass is 9.93. The van der Waals surface area contributed by atoms with Gasteiger partial charge in [-0.2, -0.15) is 0 Å². The molecule has 5 rings (SSSR count). The van der Waals surface area contributed by atoms with E-state index in [4.69, 9.17) is 16.6 Å². The van der Waals surface area contributed by atoms with Gasteiger partial charge in [-0.1, -0.05) is 54.1 Å². The summed E-state index contributed by atoms with van der Waals surface area (Å²) >= 11 is 6.43. The maximum absolute atomic E-state index is 13.4. The summed E-state index contributed by atoms with van der Waals surface area (Å²) in [5, 5.41) is 0.397. The number of likely N-dealkylation sites (tertiary alicyclic amines) is 1. The van der Waals surface area contributed by atoms with Crippen molar-refractivity contribution in [3.63, 3.8) is 0 Å². The van der Waals surface area contributed by atoms with Gasteiger partial charge in [-0.3, -0.25) is 4.90 Å². The molecule has 32 heavy (non-hydrogen) atoms. The molecule has 0 saturated carbocycles. The van der Waals surface area contributed by atoms with E-state index in [1.54, 1.807) is 12.1 Å².